The van der Waals surface area contributed by atoms with Crippen LogP contribution in [0, 0.1) is 5.92 Å². The molecule has 0 saturated heterocycles. The van der Waals surface area contributed by atoms with Gasteiger partial charge in [-0.1, -0.05) is 19.1 Å². The molecule has 2 rings (SSSR count). The predicted molar refractivity (Wildman–Crippen MR) is 70.6 cm³/mol. The lowest BCUT2D eigenvalue weighted by Crippen LogP contribution is -2.39. The first-order valence-electron chi connectivity index (χ1n) is 5.79. The zero-order valence-corrected chi connectivity index (χ0v) is 11.1. The summed E-state index contributed by atoms with van der Waals surface area (Å²) in [6.45, 7) is 2.46. The van der Waals surface area contributed by atoms with Crippen LogP contribution in [0.1, 0.15) is 26.2 Å². The fraction of sp³-hybridized carbons (Fsp3) is 0.538. The summed E-state index contributed by atoms with van der Waals surface area (Å²) in [5.41, 5.74) is 0.953. The second kappa shape index (κ2) is 4.76. The van der Waals surface area contributed by atoms with E-state index < -0.39 is 0 Å². The van der Waals surface area contributed by atoms with Gasteiger partial charge in [0.15, 0.2) is 0 Å². The summed E-state index contributed by atoms with van der Waals surface area (Å²) in [6, 6.07) is 8.07. The Labute approximate surface area is 105 Å². The molecule has 2 unspecified atom stereocenters. The Balaban J connectivity index is 2.16. The van der Waals surface area contributed by atoms with Crippen LogP contribution in [0.5, 0.6) is 0 Å². The summed E-state index contributed by atoms with van der Waals surface area (Å²) < 4.78 is 1.06. The van der Waals surface area contributed by atoms with Crippen molar-refractivity contribution < 1.29 is 5.11 Å². The molecule has 2 N–H and O–H groups in total. The molecule has 88 valence electrons. The molecule has 0 bridgehead atoms. The Kier molecular flexibility index (Phi) is 3.55. The molecule has 1 saturated carbocycles. The topological polar surface area (TPSA) is 32.3 Å². The molecule has 1 aromatic carbocycles. The number of nitrogens with one attached hydrogen (secondary N) is 1. The van der Waals surface area contributed by atoms with Crippen LogP contribution in [0.2, 0.25) is 0 Å². The van der Waals surface area contributed by atoms with Crippen LogP contribution in [-0.2, 0) is 0 Å². The van der Waals surface area contributed by atoms with Crippen LogP contribution in [0.25, 0.3) is 0 Å². The zero-order valence-electron chi connectivity index (χ0n) is 9.54. The Bertz CT molecular complexity index is 369. The van der Waals surface area contributed by atoms with Gasteiger partial charge < -0.3 is 10.4 Å². The van der Waals surface area contributed by atoms with Crippen LogP contribution < -0.4 is 5.32 Å². The molecule has 2 nitrogen and oxygen atoms in total. The number of para-hydroxylation sites is 1. The number of aliphatic hydroxyl groups is 1. The van der Waals surface area contributed by atoms with E-state index in [4.69, 9.17) is 0 Å². The van der Waals surface area contributed by atoms with Crippen molar-refractivity contribution in [1.82, 2.24) is 0 Å². The number of aliphatic hydroxyl groups excluding tert-OH is 1. The molecule has 0 spiro atoms. The molecule has 0 aromatic heterocycles. The average molecular weight is 284 g/mol. The standard InChI is InChI=1S/C13H18BrNO/c1-10-6-7-13(8-10,9-16)15-12-5-3-2-4-11(12)14/h2-5,10,15-16H,6-9H2,1H3. The van der Waals surface area contributed by atoms with E-state index in [1.165, 1.54) is 6.42 Å². The van der Waals surface area contributed by atoms with Crippen molar-refractivity contribution in [3.8, 4) is 0 Å². The molecule has 0 amide bonds. The van der Waals surface area contributed by atoms with Crippen LogP contribution >= 0.6 is 15.9 Å². The van der Waals surface area contributed by atoms with Crippen molar-refractivity contribution in [3.05, 3.63) is 28.7 Å². The largest absolute Gasteiger partial charge is 0.394 e. The highest BCUT2D eigenvalue weighted by Gasteiger charge is 2.36. The highest BCUT2D eigenvalue weighted by Crippen LogP contribution is 2.38. The molecule has 1 aliphatic carbocycles. The monoisotopic (exact) mass is 283 g/mol. The summed E-state index contributed by atoms with van der Waals surface area (Å²) in [6.07, 6.45) is 3.29. The minimum atomic E-state index is -0.122. The molecule has 0 aliphatic heterocycles. The maximum absolute atomic E-state index is 9.61. The van der Waals surface area contributed by atoms with Crippen LogP contribution in [0.3, 0.4) is 0 Å². The van der Waals surface area contributed by atoms with Crippen LogP contribution in [0.15, 0.2) is 28.7 Å². The molecule has 0 radical (unpaired) electrons. The Morgan fingerprint density at radius 1 is 1.50 bits per heavy atom. The predicted octanol–water partition coefficient (Wildman–Crippen LogP) is 3.41. The smallest absolute Gasteiger partial charge is 0.0661 e. The second-order valence-electron chi connectivity index (χ2n) is 4.89. The third-order valence-corrected chi connectivity index (χ3v) is 4.12. The van der Waals surface area contributed by atoms with Gasteiger partial charge in [0.2, 0.25) is 0 Å². The highest BCUT2D eigenvalue weighted by atomic mass is 79.9. The molecule has 1 aliphatic rings. The lowest BCUT2D eigenvalue weighted by Gasteiger charge is -2.30. The van der Waals surface area contributed by atoms with E-state index in [2.05, 4.69) is 28.2 Å². The summed E-state index contributed by atoms with van der Waals surface area (Å²) >= 11 is 3.53. The molecule has 3 heteroatoms. The summed E-state index contributed by atoms with van der Waals surface area (Å²) in [5, 5.41) is 13.1. The number of rotatable bonds is 3. The summed E-state index contributed by atoms with van der Waals surface area (Å²) in [4.78, 5) is 0. The first-order chi connectivity index (χ1) is 7.65. The molecule has 16 heavy (non-hydrogen) atoms. The number of hydrogen-bond acceptors (Lipinski definition) is 2. The normalized spacial score (nSPS) is 29.3. The van der Waals surface area contributed by atoms with Crippen molar-refractivity contribution in [3.63, 3.8) is 0 Å². The van der Waals surface area contributed by atoms with E-state index in [1.54, 1.807) is 0 Å². The molecular weight excluding hydrogens is 266 g/mol. The van der Waals surface area contributed by atoms with Crippen molar-refractivity contribution in [2.75, 3.05) is 11.9 Å². The SMILES string of the molecule is CC1CCC(CO)(Nc2ccccc2Br)C1. The van der Waals surface area contributed by atoms with Gasteiger partial charge in [-0.05, 0) is 53.2 Å². The Morgan fingerprint density at radius 2 is 2.25 bits per heavy atom. The summed E-state index contributed by atoms with van der Waals surface area (Å²) in [7, 11) is 0. The van der Waals surface area contributed by atoms with E-state index >= 15 is 0 Å². The van der Waals surface area contributed by atoms with E-state index in [-0.39, 0.29) is 12.1 Å². The van der Waals surface area contributed by atoms with Crippen LogP contribution in [0.4, 0.5) is 5.69 Å². The Hall–Kier alpha value is -0.540. The van der Waals surface area contributed by atoms with Gasteiger partial charge >= 0.3 is 0 Å². The molecule has 1 aromatic rings. The fourth-order valence-electron chi connectivity index (χ4n) is 2.54. The maximum Gasteiger partial charge on any atom is 0.0661 e. The number of benzene rings is 1. The molecular formula is C13H18BrNO. The maximum atomic E-state index is 9.61. The van der Waals surface area contributed by atoms with Gasteiger partial charge in [-0.25, -0.2) is 0 Å². The second-order valence-corrected chi connectivity index (χ2v) is 5.75. The molecule has 0 heterocycles. The first-order valence-corrected chi connectivity index (χ1v) is 6.58. The molecule has 1 fully saturated rings. The lowest BCUT2D eigenvalue weighted by atomic mass is 9.97. The van der Waals surface area contributed by atoms with Crippen molar-refractivity contribution in [2.45, 2.75) is 31.7 Å². The van der Waals surface area contributed by atoms with Gasteiger partial charge in [0.1, 0.15) is 0 Å². The van der Waals surface area contributed by atoms with E-state index in [1.807, 2.05) is 24.3 Å². The van der Waals surface area contributed by atoms with Gasteiger partial charge in [-0.3, -0.25) is 0 Å². The highest BCUT2D eigenvalue weighted by molar-refractivity contribution is 9.10. The van der Waals surface area contributed by atoms with Gasteiger partial charge in [0.25, 0.3) is 0 Å². The van der Waals surface area contributed by atoms with Gasteiger partial charge in [-0.2, -0.15) is 0 Å². The minimum Gasteiger partial charge on any atom is -0.394 e. The van der Waals surface area contributed by atoms with E-state index in [0.717, 1.165) is 23.0 Å². The van der Waals surface area contributed by atoms with Crippen LogP contribution in [-0.4, -0.2) is 17.3 Å². The number of halogens is 1. The van der Waals surface area contributed by atoms with Crippen molar-refractivity contribution >= 4 is 21.6 Å². The zero-order chi connectivity index (χ0) is 11.6. The first kappa shape index (κ1) is 11.9. The third kappa shape index (κ3) is 2.41. The number of hydrogen-bond donors (Lipinski definition) is 2. The van der Waals surface area contributed by atoms with Crippen molar-refractivity contribution in [2.24, 2.45) is 5.92 Å². The third-order valence-electron chi connectivity index (χ3n) is 3.43. The average Bonchev–Trinajstić information content (AvgIpc) is 2.65. The quantitative estimate of drug-likeness (QED) is 0.891. The number of anilines is 1. The molecule has 2 atom stereocenters. The van der Waals surface area contributed by atoms with E-state index in [0.29, 0.717) is 5.92 Å². The van der Waals surface area contributed by atoms with E-state index in [9.17, 15) is 5.11 Å². The van der Waals surface area contributed by atoms with Gasteiger partial charge in [0, 0.05) is 10.2 Å². The lowest BCUT2D eigenvalue weighted by molar-refractivity contribution is 0.211. The van der Waals surface area contributed by atoms with Gasteiger partial charge in [-0.15, -0.1) is 0 Å². The van der Waals surface area contributed by atoms with Crippen molar-refractivity contribution in [1.29, 1.82) is 0 Å². The minimum absolute atomic E-state index is 0.122. The Morgan fingerprint density at radius 3 is 2.81 bits per heavy atom. The summed E-state index contributed by atoms with van der Waals surface area (Å²) in [5.74, 6) is 0.696. The fourth-order valence-corrected chi connectivity index (χ4v) is 2.92. The van der Waals surface area contributed by atoms with Gasteiger partial charge in [0.05, 0.1) is 12.1 Å².